The first-order valence-electron chi connectivity index (χ1n) is 4.70. The second-order valence-corrected chi connectivity index (χ2v) is 3.81. The number of pyridine rings is 1. The zero-order valence-corrected chi connectivity index (χ0v) is 9.21. The summed E-state index contributed by atoms with van der Waals surface area (Å²) in [6, 6.07) is 0. The van der Waals surface area contributed by atoms with Gasteiger partial charge in [-0.3, -0.25) is 23.9 Å². The van der Waals surface area contributed by atoms with E-state index in [9.17, 15) is 9.59 Å². The summed E-state index contributed by atoms with van der Waals surface area (Å²) in [6.45, 7) is 3.54. The van der Waals surface area contributed by atoms with Crippen molar-refractivity contribution < 1.29 is 0 Å². The van der Waals surface area contributed by atoms with E-state index in [1.807, 2.05) is 0 Å². The molecule has 2 rings (SSSR count). The molecule has 0 saturated carbocycles. The molecule has 0 aliphatic carbocycles. The molecule has 0 bridgehead atoms. The number of nitrogens with one attached hydrogen (secondary N) is 1. The maximum absolute atomic E-state index is 11.8. The SMILES string of the molecule is Cc1c(C)c2c(=O)n(C)[nH]c2n(C)c1=O. The van der Waals surface area contributed by atoms with Crippen LogP contribution in [0.15, 0.2) is 9.59 Å². The molecule has 5 heteroatoms. The second-order valence-electron chi connectivity index (χ2n) is 3.81. The van der Waals surface area contributed by atoms with E-state index < -0.39 is 0 Å². The number of rotatable bonds is 0. The number of aromatic nitrogens is 3. The Kier molecular flexibility index (Phi) is 1.86. The van der Waals surface area contributed by atoms with E-state index in [2.05, 4.69) is 5.10 Å². The van der Waals surface area contributed by atoms with E-state index in [0.29, 0.717) is 16.6 Å². The van der Waals surface area contributed by atoms with Crippen LogP contribution in [0.3, 0.4) is 0 Å². The summed E-state index contributed by atoms with van der Waals surface area (Å²) in [7, 11) is 3.30. The molecule has 15 heavy (non-hydrogen) atoms. The Morgan fingerprint density at radius 3 is 2.20 bits per heavy atom. The van der Waals surface area contributed by atoms with Crippen molar-refractivity contribution in [3.63, 3.8) is 0 Å². The van der Waals surface area contributed by atoms with Crippen LogP contribution in [0, 0.1) is 13.8 Å². The number of hydrogen-bond donors (Lipinski definition) is 1. The van der Waals surface area contributed by atoms with Gasteiger partial charge >= 0.3 is 0 Å². The summed E-state index contributed by atoms with van der Waals surface area (Å²) in [4.78, 5) is 23.5. The van der Waals surface area contributed by atoms with Gasteiger partial charge in [0, 0.05) is 19.7 Å². The van der Waals surface area contributed by atoms with Crippen LogP contribution in [0.5, 0.6) is 0 Å². The molecule has 0 radical (unpaired) electrons. The third-order valence-corrected chi connectivity index (χ3v) is 2.93. The summed E-state index contributed by atoms with van der Waals surface area (Å²) in [5.41, 5.74) is 1.80. The average Bonchev–Trinajstić information content (AvgIpc) is 2.50. The first kappa shape index (κ1) is 9.76. The summed E-state index contributed by atoms with van der Waals surface area (Å²) in [6.07, 6.45) is 0. The van der Waals surface area contributed by atoms with Gasteiger partial charge in [0.25, 0.3) is 11.1 Å². The quantitative estimate of drug-likeness (QED) is 0.670. The fourth-order valence-electron chi connectivity index (χ4n) is 1.82. The van der Waals surface area contributed by atoms with Gasteiger partial charge in [-0.1, -0.05) is 0 Å². The molecule has 2 aromatic rings. The van der Waals surface area contributed by atoms with Gasteiger partial charge in [0.05, 0.1) is 5.39 Å². The maximum Gasteiger partial charge on any atom is 0.276 e. The average molecular weight is 207 g/mol. The summed E-state index contributed by atoms with van der Waals surface area (Å²) in [5.74, 6) is 0. The van der Waals surface area contributed by atoms with E-state index in [1.54, 1.807) is 27.9 Å². The molecule has 2 aromatic heterocycles. The molecule has 80 valence electrons. The number of aromatic amines is 1. The number of fused-ring (bicyclic) bond motifs is 1. The van der Waals surface area contributed by atoms with Crippen molar-refractivity contribution >= 4 is 11.0 Å². The Balaban J connectivity index is 3.22. The lowest BCUT2D eigenvalue weighted by Crippen LogP contribution is -2.21. The van der Waals surface area contributed by atoms with Crippen LogP contribution in [0.4, 0.5) is 0 Å². The van der Waals surface area contributed by atoms with Crippen LogP contribution in [0.2, 0.25) is 0 Å². The Labute approximate surface area is 85.9 Å². The van der Waals surface area contributed by atoms with Gasteiger partial charge in [0.1, 0.15) is 5.65 Å². The highest BCUT2D eigenvalue weighted by Crippen LogP contribution is 2.12. The van der Waals surface area contributed by atoms with E-state index in [1.165, 1.54) is 9.25 Å². The normalized spacial score (nSPS) is 11.2. The van der Waals surface area contributed by atoms with Crippen molar-refractivity contribution in [2.24, 2.45) is 14.1 Å². The Bertz CT molecular complexity index is 658. The highest BCUT2D eigenvalue weighted by molar-refractivity contribution is 5.79. The lowest BCUT2D eigenvalue weighted by atomic mass is 10.1. The smallest absolute Gasteiger partial charge is 0.276 e. The van der Waals surface area contributed by atoms with Gasteiger partial charge in [0.2, 0.25) is 0 Å². The van der Waals surface area contributed by atoms with Gasteiger partial charge in [-0.25, -0.2) is 0 Å². The number of nitrogens with zero attached hydrogens (tertiary/aromatic N) is 2. The third kappa shape index (κ3) is 1.09. The van der Waals surface area contributed by atoms with Crippen LogP contribution in [-0.4, -0.2) is 14.3 Å². The predicted molar refractivity (Wildman–Crippen MR) is 58.3 cm³/mol. The lowest BCUT2D eigenvalue weighted by Gasteiger charge is -2.04. The van der Waals surface area contributed by atoms with Crippen molar-refractivity contribution in [2.45, 2.75) is 13.8 Å². The molecule has 0 fully saturated rings. The van der Waals surface area contributed by atoms with Gasteiger partial charge in [-0.2, -0.15) is 0 Å². The molecule has 5 nitrogen and oxygen atoms in total. The molecule has 1 N–H and O–H groups in total. The van der Waals surface area contributed by atoms with Crippen LogP contribution in [0.25, 0.3) is 11.0 Å². The van der Waals surface area contributed by atoms with Crippen LogP contribution >= 0.6 is 0 Å². The fraction of sp³-hybridized carbons (Fsp3) is 0.400. The highest BCUT2D eigenvalue weighted by Gasteiger charge is 2.14. The van der Waals surface area contributed by atoms with Crippen molar-refractivity contribution in [1.82, 2.24) is 14.3 Å². The van der Waals surface area contributed by atoms with E-state index in [4.69, 9.17) is 0 Å². The third-order valence-electron chi connectivity index (χ3n) is 2.93. The first-order chi connectivity index (χ1) is 6.95. The van der Waals surface area contributed by atoms with E-state index in [0.717, 1.165) is 5.56 Å². The molecule has 0 aliphatic rings. The monoisotopic (exact) mass is 207 g/mol. The minimum atomic E-state index is -0.0961. The van der Waals surface area contributed by atoms with Crippen molar-refractivity contribution in [1.29, 1.82) is 0 Å². The largest absolute Gasteiger partial charge is 0.296 e. The molecule has 0 amide bonds. The molecule has 2 heterocycles. The molecule has 0 saturated heterocycles. The van der Waals surface area contributed by atoms with Crippen LogP contribution in [-0.2, 0) is 14.1 Å². The topological polar surface area (TPSA) is 59.8 Å². The number of hydrogen-bond acceptors (Lipinski definition) is 2. The Morgan fingerprint density at radius 1 is 1.00 bits per heavy atom. The zero-order valence-electron chi connectivity index (χ0n) is 9.21. The molecular formula is C10H13N3O2. The first-order valence-corrected chi connectivity index (χ1v) is 4.70. The molecule has 0 atom stereocenters. The molecule has 0 spiro atoms. The maximum atomic E-state index is 11.8. The van der Waals surface area contributed by atoms with Crippen LogP contribution in [0.1, 0.15) is 11.1 Å². The van der Waals surface area contributed by atoms with E-state index in [-0.39, 0.29) is 11.1 Å². The molecule has 0 aliphatic heterocycles. The highest BCUT2D eigenvalue weighted by atomic mass is 16.1. The van der Waals surface area contributed by atoms with Crippen LogP contribution < -0.4 is 11.1 Å². The minimum Gasteiger partial charge on any atom is -0.296 e. The van der Waals surface area contributed by atoms with Gasteiger partial charge in [0.15, 0.2) is 0 Å². The van der Waals surface area contributed by atoms with E-state index >= 15 is 0 Å². The van der Waals surface area contributed by atoms with Crippen molar-refractivity contribution in [3.05, 3.63) is 31.8 Å². The molecule has 0 aromatic carbocycles. The molecular weight excluding hydrogens is 194 g/mol. The second kappa shape index (κ2) is 2.85. The fourth-order valence-corrected chi connectivity index (χ4v) is 1.82. The van der Waals surface area contributed by atoms with Crippen molar-refractivity contribution in [3.8, 4) is 0 Å². The zero-order chi connectivity index (χ0) is 11.3. The molecule has 0 unspecified atom stereocenters. The summed E-state index contributed by atoms with van der Waals surface area (Å²) in [5, 5.41) is 3.47. The number of aryl methyl sites for hydroxylation is 3. The van der Waals surface area contributed by atoms with Gasteiger partial charge < -0.3 is 0 Å². The van der Waals surface area contributed by atoms with Gasteiger partial charge in [-0.15, -0.1) is 0 Å². The Morgan fingerprint density at radius 2 is 1.60 bits per heavy atom. The summed E-state index contributed by atoms with van der Waals surface area (Å²) < 4.78 is 2.86. The minimum absolute atomic E-state index is 0.0677. The number of H-pyrrole nitrogens is 1. The Hall–Kier alpha value is -1.78. The predicted octanol–water partition coefficient (Wildman–Crippen LogP) is 0.182. The summed E-state index contributed by atoms with van der Waals surface area (Å²) >= 11 is 0. The lowest BCUT2D eigenvalue weighted by molar-refractivity contribution is 0.735. The standard InChI is InChI=1S/C10H13N3O2/c1-5-6(2)9(14)12(3)8-7(5)10(15)13(4)11-8/h11H,1-4H3. The van der Waals surface area contributed by atoms with Crippen molar-refractivity contribution in [2.75, 3.05) is 0 Å². The van der Waals surface area contributed by atoms with Gasteiger partial charge in [-0.05, 0) is 19.4 Å².